The molecule has 1 aliphatic heterocycles. The number of hydrogen-bond acceptors (Lipinski definition) is 6. The normalized spacial score (nSPS) is 19.8. The Bertz CT molecular complexity index is 722. The van der Waals surface area contributed by atoms with Crippen LogP contribution in [0.4, 0.5) is 0 Å². The molecule has 0 aromatic rings. The topological polar surface area (TPSA) is 124 Å². The summed E-state index contributed by atoms with van der Waals surface area (Å²) in [6, 6.07) is 0. The van der Waals surface area contributed by atoms with Crippen molar-refractivity contribution in [1.29, 1.82) is 0 Å². The van der Waals surface area contributed by atoms with E-state index in [1.807, 2.05) is 0 Å². The van der Waals surface area contributed by atoms with Gasteiger partial charge < -0.3 is 10.2 Å². The van der Waals surface area contributed by atoms with Crippen LogP contribution < -0.4 is 0 Å². The molecule has 1 aliphatic rings. The molecule has 3 N–H and O–H groups in total. The first-order valence-electron chi connectivity index (χ1n) is 12.6. The zero-order chi connectivity index (χ0) is 24.6. The van der Waals surface area contributed by atoms with E-state index in [-0.39, 0.29) is 30.0 Å². The van der Waals surface area contributed by atoms with Crippen molar-refractivity contribution in [2.24, 2.45) is 4.99 Å². The van der Waals surface area contributed by atoms with Crippen LogP contribution >= 0.6 is 0 Å². The molecule has 192 valence electrons. The lowest BCUT2D eigenvalue weighted by atomic mass is 10.1. The Hall–Kier alpha value is -1.13. The molecule has 0 fully saturated rings. The number of unbranched alkanes of at least 4 members (excludes halogenated alkanes) is 9. The van der Waals surface area contributed by atoms with Gasteiger partial charge in [-0.3, -0.25) is 13.8 Å². The van der Waals surface area contributed by atoms with Gasteiger partial charge in [-0.2, -0.15) is 8.42 Å². The molecule has 0 spiro atoms. The molecule has 9 heteroatoms. The largest absolute Gasteiger partial charge is 0.390 e. The smallest absolute Gasteiger partial charge is 0.267 e. The molecule has 8 nitrogen and oxygen atoms in total. The zero-order valence-corrected chi connectivity index (χ0v) is 21.1. The number of allylic oxidation sites excluding steroid dienone is 2. The summed E-state index contributed by atoms with van der Waals surface area (Å²) in [6.07, 6.45) is 16.2. The molecule has 0 aromatic carbocycles. The highest BCUT2D eigenvalue weighted by Crippen LogP contribution is 2.20. The second-order valence-electron chi connectivity index (χ2n) is 9.16. The highest BCUT2D eigenvalue weighted by Gasteiger charge is 2.43. The number of nitrogens with zero attached hydrogens (tertiary/aromatic N) is 2. The summed E-state index contributed by atoms with van der Waals surface area (Å²) >= 11 is 0. The third-order valence-corrected chi connectivity index (χ3v) is 6.95. The van der Waals surface area contributed by atoms with E-state index in [2.05, 4.69) is 24.1 Å². The summed E-state index contributed by atoms with van der Waals surface area (Å²) in [5.74, 6) is -0.591. The van der Waals surface area contributed by atoms with Crippen LogP contribution in [0.3, 0.4) is 0 Å². The molecule has 33 heavy (non-hydrogen) atoms. The summed E-state index contributed by atoms with van der Waals surface area (Å²) in [4.78, 5) is 17.2. The molecule has 2 unspecified atom stereocenters. The molecular weight excluding hydrogens is 444 g/mol. The predicted octanol–water partition coefficient (Wildman–Crippen LogP) is 3.28. The van der Waals surface area contributed by atoms with E-state index in [9.17, 15) is 23.4 Å². The van der Waals surface area contributed by atoms with Crippen molar-refractivity contribution < 1.29 is 32.5 Å². The first-order chi connectivity index (χ1) is 15.7. The Labute approximate surface area is 200 Å². The summed E-state index contributed by atoms with van der Waals surface area (Å²) < 4.78 is 31.1. The van der Waals surface area contributed by atoms with E-state index in [0.29, 0.717) is 25.3 Å². The van der Waals surface area contributed by atoms with Crippen molar-refractivity contribution in [3.8, 4) is 0 Å². The minimum absolute atomic E-state index is 0.0298. The van der Waals surface area contributed by atoms with Crippen molar-refractivity contribution in [3.63, 3.8) is 0 Å². The maximum atomic E-state index is 12.8. The van der Waals surface area contributed by atoms with Gasteiger partial charge in [0.15, 0.2) is 0 Å². The minimum atomic E-state index is -4.33. The van der Waals surface area contributed by atoms with Crippen LogP contribution in [-0.4, -0.2) is 83.9 Å². The molecule has 1 rings (SSSR count). The van der Waals surface area contributed by atoms with Gasteiger partial charge in [-0.25, -0.2) is 4.99 Å². The molecule has 0 radical (unpaired) electrons. The number of rotatable bonds is 20. The number of hydrogen-bond donors (Lipinski definition) is 3. The van der Waals surface area contributed by atoms with Gasteiger partial charge in [-0.05, 0) is 32.1 Å². The van der Waals surface area contributed by atoms with Crippen molar-refractivity contribution in [2.75, 3.05) is 38.5 Å². The fourth-order valence-corrected chi connectivity index (χ4v) is 5.04. The van der Waals surface area contributed by atoms with Gasteiger partial charge in [0, 0.05) is 6.42 Å². The van der Waals surface area contributed by atoms with Crippen molar-refractivity contribution in [2.45, 2.75) is 90.1 Å². The van der Waals surface area contributed by atoms with Crippen molar-refractivity contribution in [3.05, 3.63) is 12.2 Å². The zero-order valence-electron chi connectivity index (χ0n) is 20.3. The van der Waals surface area contributed by atoms with E-state index < -0.39 is 22.0 Å². The lowest BCUT2D eigenvalue weighted by Crippen LogP contribution is -2.59. The summed E-state index contributed by atoms with van der Waals surface area (Å²) in [5, 5.41) is 19.6. The van der Waals surface area contributed by atoms with Gasteiger partial charge in [0.2, 0.25) is 5.78 Å². The van der Waals surface area contributed by atoms with E-state index in [4.69, 9.17) is 4.55 Å². The van der Waals surface area contributed by atoms with Crippen LogP contribution in [-0.2, 0) is 14.9 Å². The summed E-state index contributed by atoms with van der Waals surface area (Å²) in [6.45, 7) is 2.94. The predicted molar refractivity (Wildman–Crippen MR) is 132 cm³/mol. The molecule has 2 atom stereocenters. The third-order valence-electron chi connectivity index (χ3n) is 6.15. The molecule has 0 saturated carbocycles. The first kappa shape index (κ1) is 29.9. The van der Waals surface area contributed by atoms with Gasteiger partial charge in [0.05, 0.1) is 13.2 Å². The van der Waals surface area contributed by atoms with Crippen LogP contribution in [0.1, 0.15) is 84.0 Å². The lowest BCUT2D eigenvalue weighted by Gasteiger charge is -2.34. The van der Waals surface area contributed by atoms with Gasteiger partial charge in [-0.15, -0.1) is 0 Å². The highest BCUT2D eigenvalue weighted by atomic mass is 32.2. The summed E-state index contributed by atoms with van der Waals surface area (Å²) in [7, 11) is -4.33. The Balaban J connectivity index is 2.32. The number of Topliss-reactive ketones (excluding diaryl/α,β-unsaturated/α-hetero) is 1. The number of aliphatic hydroxyl groups is 2. The number of ketones is 1. The first-order valence-corrected chi connectivity index (χ1v) is 14.2. The number of carbonyl (C=O) groups is 1. The SMILES string of the molecule is CCCCC/C=C/CCCCCCCCC(=O)C1=NCC[N+]1(CCO)CC(O)CS(=O)(=O)O. The van der Waals surface area contributed by atoms with Gasteiger partial charge >= 0.3 is 0 Å². The van der Waals surface area contributed by atoms with Gasteiger partial charge in [0.1, 0.15) is 31.5 Å². The number of carbonyl (C=O) groups excluding carboxylic acids is 1. The molecule has 0 saturated heterocycles. The Morgan fingerprint density at radius 2 is 1.67 bits per heavy atom. The van der Waals surface area contributed by atoms with E-state index >= 15 is 0 Å². The average molecular weight is 490 g/mol. The number of amidine groups is 1. The fraction of sp³-hybridized carbons (Fsp3) is 0.833. The maximum absolute atomic E-state index is 12.8. The second-order valence-corrected chi connectivity index (χ2v) is 10.7. The maximum Gasteiger partial charge on any atom is 0.267 e. The van der Waals surface area contributed by atoms with E-state index in [1.165, 1.54) is 38.5 Å². The van der Waals surface area contributed by atoms with Crippen molar-refractivity contribution >= 4 is 21.7 Å². The number of quaternary nitrogens is 1. The third kappa shape index (κ3) is 12.8. The summed E-state index contributed by atoms with van der Waals surface area (Å²) in [5.41, 5.74) is 0. The van der Waals surface area contributed by atoms with Gasteiger partial charge in [-0.1, -0.05) is 57.6 Å². The number of aliphatic imine (C=N–C) groups is 1. The fourth-order valence-electron chi connectivity index (χ4n) is 4.45. The van der Waals surface area contributed by atoms with Crippen LogP contribution in [0.5, 0.6) is 0 Å². The molecule has 0 bridgehead atoms. The monoisotopic (exact) mass is 489 g/mol. The van der Waals surface area contributed by atoms with Crippen LogP contribution in [0.2, 0.25) is 0 Å². The Morgan fingerprint density at radius 3 is 2.27 bits per heavy atom. The standard InChI is InChI=1S/C24H44N2O6S/c1-2-3-4-5-6-7-8-9-10-11-12-13-14-15-23(29)24-25-16-17-26(24,18-19-27)20-22(28)21-33(30,31)32/h6-7,22,27-28H,2-5,8-21H2,1H3/p+1/b7-6+. The van der Waals surface area contributed by atoms with Crippen molar-refractivity contribution in [1.82, 2.24) is 0 Å². The van der Waals surface area contributed by atoms with Gasteiger partial charge in [0.25, 0.3) is 16.0 Å². The van der Waals surface area contributed by atoms with E-state index in [1.54, 1.807) is 0 Å². The van der Waals surface area contributed by atoms with Crippen LogP contribution in [0, 0.1) is 0 Å². The Kier molecular flexibility index (Phi) is 14.9. The van der Waals surface area contributed by atoms with E-state index in [0.717, 1.165) is 32.1 Å². The number of aliphatic hydroxyl groups excluding tert-OH is 2. The van der Waals surface area contributed by atoms with Crippen LogP contribution in [0.15, 0.2) is 17.1 Å². The molecular formula is C24H45N2O6S+. The molecule has 0 aliphatic carbocycles. The molecule has 1 heterocycles. The minimum Gasteiger partial charge on any atom is -0.390 e. The molecule has 0 aromatic heterocycles. The average Bonchev–Trinajstić information content (AvgIpc) is 3.13. The Morgan fingerprint density at radius 1 is 1.06 bits per heavy atom. The lowest BCUT2D eigenvalue weighted by molar-refractivity contribution is -0.837. The van der Waals surface area contributed by atoms with Crippen LogP contribution in [0.25, 0.3) is 0 Å². The highest BCUT2D eigenvalue weighted by molar-refractivity contribution is 7.85. The quantitative estimate of drug-likeness (QED) is 0.104. The molecule has 0 amide bonds. The second kappa shape index (κ2) is 16.5.